The number of likely N-dealkylation sites (tertiary alicyclic amines) is 1. The van der Waals surface area contributed by atoms with Crippen molar-refractivity contribution in [3.63, 3.8) is 0 Å². The molecule has 1 aliphatic rings. The SMILES string of the molecule is CNC[C@H](C)NC(=O)N1CCC[C@@H]([C@@](O)(CCCCOC)c2ccccc2Oc2ccccc2)C1. The van der Waals surface area contributed by atoms with Crippen LogP contribution in [0.15, 0.2) is 54.6 Å². The smallest absolute Gasteiger partial charge is 0.317 e. The van der Waals surface area contributed by atoms with Gasteiger partial charge in [0, 0.05) is 50.9 Å². The molecule has 3 atom stereocenters. The van der Waals surface area contributed by atoms with E-state index in [9.17, 15) is 9.90 Å². The summed E-state index contributed by atoms with van der Waals surface area (Å²) in [6.07, 6.45) is 3.93. The van der Waals surface area contributed by atoms with Gasteiger partial charge in [0.25, 0.3) is 0 Å². The summed E-state index contributed by atoms with van der Waals surface area (Å²) in [7, 11) is 3.57. The van der Waals surface area contributed by atoms with Crippen LogP contribution in [0.2, 0.25) is 0 Å². The van der Waals surface area contributed by atoms with E-state index in [0.717, 1.165) is 37.0 Å². The molecule has 7 heteroatoms. The summed E-state index contributed by atoms with van der Waals surface area (Å²) in [4.78, 5) is 14.8. The van der Waals surface area contributed by atoms with Crippen LogP contribution >= 0.6 is 0 Å². The minimum absolute atomic E-state index is 0.0285. The molecule has 0 aromatic heterocycles. The number of amides is 2. The zero-order valence-corrected chi connectivity index (χ0v) is 21.3. The normalized spacial score (nSPS) is 18.5. The fourth-order valence-electron chi connectivity index (χ4n) is 4.94. The summed E-state index contributed by atoms with van der Waals surface area (Å²) in [5, 5.41) is 18.5. The van der Waals surface area contributed by atoms with Crippen molar-refractivity contribution in [3.8, 4) is 11.5 Å². The number of nitrogens with zero attached hydrogens (tertiary/aromatic N) is 1. The van der Waals surface area contributed by atoms with Crippen LogP contribution in [0, 0.1) is 5.92 Å². The molecule has 1 fully saturated rings. The third kappa shape index (κ3) is 7.43. The van der Waals surface area contributed by atoms with Crippen LogP contribution in [0.25, 0.3) is 0 Å². The molecule has 2 aromatic carbocycles. The number of nitrogens with one attached hydrogen (secondary N) is 2. The first-order valence-electron chi connectivity index (χ1n) is 12.7. The Kier molecular flexibility index (Phi) is 10.4. The van der Waals surface area contributed by atoms with Crippen molar-refractivity contribution in [2.45, 2.75) is 50.7 Å². The molecule has 35 heavy (non-hydrogen) atoms. The number of unbranched alkanes of at least 4 members (excludes halogenated alkanes) is 1. The van der Waals surface area contributed by atoms with Gasteiger partial charge in [0.05, 0.1) is 5.60 Å². The number of ether oxygens (including phenoxy) is 2. The number of para-hydroxylation sites is 2. The molecular formula is C28H41N3O4. The number of methoxy groups -OCH3 is 1. The van der Waals surface area contributed by atoms with E-state index >= 15 is 0 Å². The zero-order chi connectivity index (χ0) is 25.1. The summed E-state index contributed by atoms with van der Waals surface area (Å²) >= 11 is 0. The van der Waals surface area contributed by atoms with E-state index in [4.69, 9.17) is 9.47 Å². The fraction of sp³-hybridized carbons (Fsp3) is 0.536. The number of aliphatic hydroxyl groups is 1. The minimum atomic E-state index is -1.13. The monoisotopic (exact) mass is 483 g/mol. The van der Waals surface area contributed by atoms with E-state index in [1.54, 1.807) is 7.11 Å². The predicted molar refractivity (Wildman–Crippen MR) is 139 cm³/mol. The third-order valence-electron chi connectivity index (χ3n) is 6.75. The van der Waals surface area contributed by atoms with E-state index in [2.05, 4.69) is 10.6 Å². The van der Waals surface area contributed by atoms with Gasteiger partial charge < -0.3 is 30.1 Å². The van der Waals surface area contributed by atoms with E-state index in [0.29, 0.717) is 38.4 Å². The van der Waals surface area contributed by atoms with Gasteiger partial charge in [0.1, 0.15) is 11.5 Å². The second-order valence-corrected chi connectivity index (χ2v) is 9.48. The summed E-state index contributed by atoms with van der Waals surface area (Å²) < 4.78 is 11.5. The molecular weight excluding hydrogens is 442 g/mol. The average molecular weight is 484 g/mol. The molecule has 0 aliphatic carbocycles. The fourth-order valence-corrected chi connectivity index (χ4v) is 4.94. The first-order valence-corrected chi connectivity index (χ1v) is 12.7. The van der Waals surface area contributed by atoms with Gasteiger partial charge in [-0.15, -0.1) is 0 Å². The van der Waals surface area contributed by atoms with Crippen molar-refractivity contribution < 1.29 is 19.4 Å². The van der Waals surface area contributed by atoms with E-state index in [1.165, 1.54) is 0 Å². The second-order valence-electron chi connectivity index (χ2n) is 9.48. The molecule has 3 N–H and O–H groups in total. The number of hydrogen-bond donors (Lipinski definition) is 3. The van der Waals surface area contributed by atoms with Crippen molar-refractivity contribution in [1.82, 2.24) is 15.5 Å². The molecule has 1 heterocycles. The lowest BCUT2D eigenvalue weighted by Gasteiger charge is -2.43. The van der Waals surface area contributed by atoms with E-state index < -0.39 is 5.60 Å². The molecule has 0 radical (unpaired) electrons. The lowest BCUT2D eigenvalue weighted by atomic mass is 9.73. The molecule has 3 rings (SSSR count). The molecule has 0 unspecified atom stereocenters. The van der Waals surface area contributed by atoms with Gasteiger partial charge in [-0.3, -0.25) is 0 Å². The first-order chi connectivity index (χ1) is 17.0. The Morgan fingerprint density at radius 2 is 1.91 bits per heavy atom. The molecule has 192 valence electrons. The Balaban J connectivity index is 1.86. The second kappa shape index (κ2) is 13.5. The van der Waals surface area contributed by atoms with Crippen LogP contribution in [0.3, 0.4) is 0 Å². The van der Waals surface area contributed by atoms with Gasteiger partial charge in [0.2, 0.25) is 0 Å². The molecule has 0 saturated carbocycles. The Morgan fingerprint density at radius 1 is 1.17 bits per heavy atom. The van der Waals surface area contributed by atoms with E-state index in [1.807, 2.05) is 73.5 Å². The number of piperidine rings is 1. The van der Waals surface area contributed by atoms with Crippen LogP contribution in [-0.4, -0.2) is 62.5 Å². The van der Waals surface area contributed by atoms with Gasteiger partial charge in [-0.2, -0.15) is 0 Å². The van der Waals surface area contributed by atoms with Crippen LogP contribution in [0.1, 0.15) is 44.6 Å². The average Bonchev–Trinajstić information content (AvgIpc) is 2.87. The first kappa shape index (κ1) is 27.0. The summed E-state index contributed by atoms with van der Waals surface area (Å²) in [5.74, 6) is 1.27. The topological polar surface area (TPSA) is 83.1 Å². The molecule has 2 aromatic rings. The van der Waals surface area contributed by atoms with Gasteiger partial charge >= 0.3 is 6.03 Å². The number of benzene rings is 2. The number of carbonyl (C=O) groups excluding carboxylic acids is 1. The van der Waals surface area contributed by atoms with Crippen molar-refractivity contribution in [3.05, 3.63) is 60.2 Å². The summed E-state index contributed by atoms with van der Waals surface area (Å²) in [6, 6.07) is 17.3. The minimum Gasteiger partial charge on any atom is -0.457 e. The number of urea groups is 1. The molecule has 0 bridgehead atoms. The molecule has 0 spiro atoms. The maximum atomic E-state index is 13.0. The van der Waals surface area contributed by atoms with Gasteiger partial charge in [-0.05, 0) is 64.3 Å². The maximum absolute atomic E-state index is 13.0. The van der Waals surface area contributed by atoms with Crippen LogP contribution in [-0.2, 0) is 10.3 Å². The predicted octanol–water partition coefficient (Wildman–Crippen LogP) is 4.51. The van der Waals surface area contributed by atoms with Crippen LogP contribution in [0.5, 0.6) is 11.5 Å². The van der Waals surface area contributed by atoms with Crippen molar-refractivity contribution >= 4 is 6.03 Å². The Labute approximate surface area is 209 Å². The summed E-state index contributed by atoms with van der Waals surface area (Å²) in [5.41, 5.74) is -0.355. The molecule has 1 aliphatic heterocycles. The third-order valence-corrected chi connectivity index (χ3v) is 6.75. The highest BCUT2D eigenvalue weighted by atomic mass is 16.5. The molecule has 7 nitrogen and oxygen atoms in total. The van der Waals surface area contributed by atoms with Crippen molar-refractivity contribution in [2.24, 2.45) is 5.92 Å². The molecule has 1 saturated heterocycles. The van der Waals surface area contributed by atoms with Gasteiger partial charge in [-0.1, -0.05) is 36.4 Å². The number of likely N-dealkylation sites (N-methyl/N-ethyl adjacent to an activating group) is 1. The molecule has 2 amide bonds. The van der Waals surface area contributed by atoms with Crippen molar-refractivity contribution in [1.29, 1.82) is 0 Å². The number of hydrogen-bond acceptors (Lipinski definition) is 5. The Bertz CT molecular complexity index is 910. The maximum Gasteiger partial charge on any atom is 0.317 e. The standard InChI is InChI=1S/C28H41N3O4/c1-22(20-29-2)30-27(32)31-18-11-12-23(21-31)28(33,17-9-10-19-34-3)25-15-7-8-16-26(25)35-24-13-5-4-6-14-24/h4-8,13-16,22-23,29,33H,9-12,17-21H2,1-3H3,(H,30,32)/t22-,23+,28-/m0/s1. The highest BCUT2D eigenvalue weighted by molar-refractivity contribution is 5.74. The Hall–Kier alpha value is -2.61. The summed E-state index contributed by atoms with van der Waals surface area (Å²) in [6.45, 7) is 4.53. The number of carbonyl (C=O) groups is 1. The van der Waals surface area contributed by atoms with E-state index in [-0.39, 0.29) is 18.0 Å². The lowest BCUT2D eigenvalue weighted by Crippen LogP contribution is -2.53. The van der Waals surface area contributed by atoms with Crippen LogP contribution < -0.4 is 15.4 Å². The lowest BCUT2D eigenvalue weighted by molar-refractivity contribution is -0.0574. The van der Waals surface area contributed by atoms with Crippen molar-refractivity contribution in [2.75, 3.05) is 40.4 Å². The quantitative estimate of drug-likeness (QED) is 0.387. The largest absolute Gasteiger partial charge is 0.457 e. The van der Waals surface area contributed by atoms with Gasteiger partial charge in [0.15, 0.2) is 0 Å². The Morgan fingerprint density at radius 3 is 2.66 bits per heavy atom. The highest BCUT2D eigenvalue weighted by Gasteiger charge is 2.43. The van der Waals surface area contributed by atoms with Gasteiger partial charge in [-0.25, -0.2) is 4.79 Å². The zero-order valence-electron chi connectivity index (χ0n) is 21.3. The highest BCUT2D eigenvalue weighted by Crippen LogP contribution is 2.44. The van der Waals surface area contributed by atoms with Crippen LogP contribution in [0.4, 0.5) is 4.79 Å². The number of rotatable bonds is 12.